The molecule has 2 unspecified atom stereocenters. The molecule has 0 aliphatic rings. The molecule has 0 N–H and O–H groups in total. The van der Waals surface area contributed by atoms with E-state index in [1.54, 1.807) is 0 Å². The first-order chi connectivity index (χ1) is 33.0. The van der Waals surface area contributed by atoms with Crippen LogP contribution in [0.5, 0.6) is 0 Å². The molecule has 0 bridgehead atoms. The number of rotatable bonds is 54. The summed E-state index contributed by atoms with van der Waals surface area (Å²) < 4.78 is 74.2. The number of allylic oxidation sites excluding steroid dienone is 2. The normalized spacial score (nSPS) is 13.0. The van der Waals surface area contributed by atoms with Gasteiger partial charge in [-0.05, 0) is 38.5 Å². The van der Waals surface area contributed by atoms with E-state index in [1.807, 2.05) is 0 Å². The Balaban J connectivity index is -0.00000124. The molecule has 2 atom stereocenters. The zero-order valence-corrected chi connectivity index (χ0v) is 50.0. The molecule has 0 rings (SSSR count). The minimum atomic E-state index is -4.61. The molecule has 0 aromatic rings. The van der Waals surface area contributed by atoms with Crippen LogP contribution in [0.3, 0.4) is 0 Å². The van der Waals surface area contributed by atoms with Crippen molar-refractivity contribution < 1.29 is 34.3 Å². The van der Waals surface area contributed by atoms with E-state index in [1.165, 1.54) is 257 Å². The summed E-state index contributed by atoms with van der Waals surface area (Å²) in [7, 11) is -9.22. The molecule has 0 saturated carbocycles. The first-order valence-electron chi connectivity index (χ1n) is 29.5. The topological polar surface area (TPSA) is 133 Å². The second kappa shape index (κ2) is 59.4. The van der Waals surface area contributed by atoms with Gasteiger partial charge < -0.3 is 9.11 Å². The van der Waals surface area contributed by atoms with Gasteiger partial charge in [-0.2, -0.15) is 0 Å². The van der Waals surface area contributed by atoms with E-state index in [0.29, 0.717) is 0 Å². The Labute approximate surface area is 461 Å². The maximum absolute atomic E-state index is 10.8. The van der Waals surface area contributed by atoms with E-state index in [-0.39, 0.29) is 62.8 Å². The molecule has 0 heterocycles. The SMILES string of the molecule is CCCCCCCC/C=C/C(CCCCCCCCCCCCCCCCC)COS(=O)(=O)[O-].CCCCCCCC/C=C/C(CCCCCCCCCCCCCCCCC)COS(=O)(=O)[O-].[Ca+2]. The van der Waals surface area contributed by atoms with E-state index < -0.39 is 20.8 Å². The summed E-state index contributed by atoms with van der Waals surface area (Å²) in [5.41, 5.74) is 0. The van der Waals surface area contributed by atoms with Gasteiger partial charge >= 0.3 is 37.7 Å². The third-order valence-corrected chi connectivity index (χ3v) is 14.3. The molecule has 0 spiro atoms. The summed E-state index contributed by atoms with van der Waals surface area (Å²) in [5.74, 6) is 0.0385. The average molecular weight is 1040 g/mol. The van der Waals surface area contributed by atoms with Crippen molar-refractivity contribution in [3.8, 4) is 0 Å². The van der Waals surface area contributed by atoms with Crippen LogP contribution in [-0.4, -0.2) is 76.9 Å². The Bertz CT molecular complexity index is 1160. The van der Waals surface area contributed by atoms with E-state index >= 15 is 0 Å². The van der Waals surface area contributed by atoms with Gasteiger partial charge in [0.1, 0.15) is 0 Å². The van der Waals surface area contributed by atoms with Crippen LogP contribution in [0.2, 0.25) is 0 Å². The van der Waals surface area contributed by atoms with Gasteiger partial charge in [-0.1, -0.05) is 309 Å². The van der Waals surface area contributed by atoms with Crippen molar-refractivity contribution in [2.45, 2.75) is 323 Å². The van der Waals surface area contributed by atoms with Gasteiger partial charge in [-0.3, -0.25) is 8.37 Å². The van der Waals surface area contributed by atoms with Gasteiger partial charge in [0.15, 0.2) is 0 Å². The fourth-order valence-electron chi connectivity index (χ4n) is 9.03. The van der Waals surface area contributed by atoms with Crippen molar-refractivity contribution in [2.24, 2.45) is 11.8 Å². The third-order valence-electron chi connectivity index (χ3n) is 13.5. The molecule has 8 nitrogen and oxygen atoms in total. The maximum Gasteiger partial charge on any atom is 2.00 e. The van der Waals surface area contributed by atoms with Crippen molar-refractivity contribution in [1.29, 1.82) is 0 Å². The molecular formula is C58H114CaO8S2. The third kappa shape index (κ3) is 68.5. The van der Waals surface area contributed by atoms with Gasteiger partial charge in [0.05, 0.1) is 13.2 Å². The Morgan fingerprint density at radius 2 is 0.507 bits per heavy atom. The van der Waals surface area contributed by atoms with Crippen molar-refractivity contribution in [1.82, 2.24) is 0 Å². The minimum Gasteiger partial charge on any atom is -0.726 e. The summed E-state index contributed by atoms with van der Waals surface area (Å²) >= 11 is 0. The summed E-state index contributed by atoms with van der Waals surface area (Å²) in [5, 5.41) is 0. The number of hydrogen-bond acceptors (Lipinski definition) is 8. The van der Waals surface area contributed by atoms with Crippen LogP contribution in [0.15, 0.2) is 24.3 Å². The van der Waals surface area contributed by atoms with E-state index in [4.69, 9.17) is 0 Å². The monoisotopic (exact) mass is 1040 g/mol. The average Bonchev–Trinajstić information content (AvgIpc) is 3.30. The zero-order valence-electron chi connectivity index (χ0n) is 46.2. The predicted molar refractivity (Wildman–Crippen MR) is 297 cm³/mol. The van der Waals surface area contributed by atoms with E-state index in [0.717, 1.165) is 38.5 Å². The van der Waals surface area contributed by atoms with Crippen LogP contribution < -0.4 is 0 Å². The summed E-state index contributed by atoms with van der Waals surface area (Å²) in [6.45, 7) is 8.97. The fourth-order valence-corrected chi connectivity index (χ4v) is 9.71. The minimum absolute atomic E-state index is 0. The largest absolute Gasteiger partial charge is 2.00 e. The molecule has 0 aromatic carbocycles. The molecule has 0 aromatic heterocycles. The van der Waals surface area contributed by atoms with Gasteiger partial charge in [-0.25, -0.2) is 16.8 Å². The molecule has 0 fully saturated rings. The Hall–Kier alpha value is 0.480. The summed E-state index contributed by atoms with van der Waals surface area (Å²) in [6.07, 6.45) is 67.5. The second-order valence-electron chi connectivity index (χ2n) is 20.4. The first-order valence-corrected chi connectivity index (χ1v) is 32.2. The van der Waals surface area contributed by atoms with Crippen molar-refractivity contribution in [3.05, 3.63) is 24.3 Å². The van der Waals surface area contributed by atoms with Crippen molar-refractivity contribution >= 4 is 58.5 Å². The molecule has 11 heteroatoms. The molecule has 0 aliphatic heterocycles. The zero-order chi connectivity index (χ0) is 50.3. The van der Waals surface area contributed by atoms with Crippen molar-refractivity contribution in [3.63, 3.8) is 0 Å². The molecule has 0 aliphatic carbocycles. The van der Waals surface area contributed by atoms with Gasteiger partial charge in [0, 0.05) is 11.8 Å². The molecule has 0 amide bonds. The van der Waals surface area contributed by atoms with Crippen LogP contribution >= 0.6 is 0 Å². The second-order valence-corrected chi connectivity index (χ2v) is 22.5. The van der Waals surface area contributed by atoms with Gasteiger partial charge in [-0.15, -0.1) is 0 Å². The molecule has 408 valence electrons. The van der Waals surface area contributed by atoms with Crippen LogP contribution in [0, 0.1) is 11.8 Å². The van der Waals surface area contributed by atoms with E-state index in [9.17, 15) is 25.9 Å². The fraction of sp³-hybridized carbons (Fsp3) is 0.931. The quantitative estimate of drug-likeness (QED) is 0.0193. The first kappa shape index (κ1) is 73.7. The van der Waals surface area contributed by atoms with Gasteiger partial charge in [0.25, 0.3) is 0 Å². The Morgan fingerprint density at radius 3 is 0.710 bits per heavy atom. The number of unbranched alkanes of at least 4 members (excludes halogenated alkanes) is 40. The molecule has 0 radical (unpaired) electrons. The summed E-state index contributed by atoms with van der Waals surface area (Å²) in [6, 6.07) is 0. The van der Waals surface area contributed by atoms with Crippen LogP contribution in [0.4, 0.5) is 0 Å². The molecule has 0 saturated heterocycles. The van der Waals surface area contributed by atoms with Crippen LogP contribution in [0.1, 0.15) is 323 Å². The van der Waals surface area contributed by atoms with Crippen LogP contribution in [0.25, 0.3) is 0 Å². The Kier molecular flexibility index (Phi) is 63.4. The van der Waals surface area contributed by atoms with Crippen LogP contribution in [-0.2, 0) is 29.2 Å². The predicted octanol–water partition coefficient (Wildman–Crippen LogP) is 18.9. The summed E-state index contributed by atoms with van der Waals surface area (Å²) in [4.78, 5) is 0. The standard InChI is InChI=1S/2C29H58O4S.Ca/c2*1-3-5-7-9-11-13-14-15-16-17-18-19-21-23-25-27-29(28-33-34(30,31)32)26-24-22-20-12-10-8-6-4-2;/h2*24,26,29H,3-23,25,27-28H2,1-2H3,(H,30,31,32);/q;;+2/p-2/b2*26-24+;. The maximum atomic E-state index is 10.8. The number of hydrogen-bond donors (Lipinski definition) is 0. The van der Waals surface area contributed by atoms with E-state index in [2.05, 4.69) is 60.4 Å². The molecule has 69 heavy (non-hydrogen) atoms. The smallest absolute Gasteiger partial charge is 0.726 e. The Morgan fingerprint density at radius 1 is 0.319 bits per heavy atom. The van der Waals surface area contributed by atoms with Gasteiger partial charge in [0.2, 0.25) is 20.8 Å². The van der Waals surface area contributed by atoms with Crippen molar-refractivity contribution in [2.75, 3.05) is 13.2 Å². The molecular weight excluding hydrogens is 929 g/mol.